The lowest BCUT2D eigenvalue weighted by atomic mass is 10.7. The van der Waals surface area contributed by atoms with E-state index in [9.17, 15) is 4.39 Å². The Hall–Kier alpha value is -0.310. The van der Waals surface area contributed by atoms with Crippen molar-refractivity contribution >= 4 is 15.9 Å². The summed E-state index contributed by atoms with van der Waals surface area (Å²) in [7, 11) is 0. The lowest BCUT2D eigenvalue weighted by molar-refractivity contribution is 0.347. The Labute approximate surface area is 48.3 Å². The molecule has 0 aromatic carbocycles. The van der Waals surface area contributed by atoms with Gasteiger partial charge in [-0.25, -0.2) is 0 Å². The molecule has 0 saturated heterocycles. The molecule has 0 aliphatic rings. The van der Waals surface area contributed by atoms with E-state index in [0.29, 0.717) is 4.67 Å². The maximum atomic E-state index is 11.7. The molecule has 0 saturated carbocycles. The van der Waals surface area contributed by atoms with Crippen molar-refractivity contribution in [2.75, 3.05) is 0 Å². The molecule has 37 valence electrons. The largest absolute Gasteiger partial charge is 0.423 e. The van der Waals surface area contributed by atoms with Crippen LogP contribution in [-0.2, 0) is 0 Å². The van der Waals surface area contributed by atoms with Crippen LogP contribution in [0.3, 0.4) is 0 Å². The summed E-state index contributed by atoms with van der Waals surface area (Å²) in [6.07, 6.45) is 0. The summed E-state index contributed by atoms with van der Waals surface area (Å²) >= 11 is 2.87. The van der Waals surface area contributed by atoms with Crippen LogP contribution < -0.4 is 0 Å². The smallest absolute Gasteiger partial charge is 0.279 e. The molecule has 0 aliphatic carbocycles. The van der Waals surface area contributed by atoms with E-state index < -0.39 is 6.01 Å². The summed E-state index contributed by atoms with van der Waals surface area (Å²) in [5.74, 6) is 0. The average Bonchev–Trinajstić information content (AvgIpc) is 1.87. The van der Waals surface area contributed by atoms with E-state index in [1.165, 1.54) is 0 Å². The summed E-state index contributed by atoms with van der Waals surface area (Å²) in [5.41, 5.74) is 0. The number of hydrogen-bond donors (Lipinski definition) is 0. The second kappa shape index (κ2) is 1.66. The van der Waals surface area contributed by atoms with Gasteiger partial charge in [0.25, 0.3) is 6.01 Å². The first kappa shape index (κ1) is 4.84. The molecular formula is C4HBrFO. The Morgan fingerprint density at radius 1 is 1.86 bits per heavy atom. The van der Waals surface area contributed by atoms with Gasteiger partial charge >= 0.3 is 0 Å². The highest BCUT2D eigenvalue weighted by Gasteiger charge is 1.92. The Morgan fingerprint density at radius 3 is 2.71 bits per heavy atom. The van der Waals surface area contributed by atoms with Gasteiger partial charge in [0, 0.05) is 12.1 Å². The van der Waals surface area contributed by atoms with Crippen molar-refractivity contribution in [3.8, 4) is 0 Å². The normalized spacial score (nSPS) is 9.43. The first-order valence-electron chi connectivity index (χ1n) is 1.61. The highest BCUT2D eigenvalue weighted by Crippen LogP contribution is 2.10. The van der Waals surface area contributed by atoms with Gasteiger partial charge in [0.15, 0.2) is 4.67 Å². The monoisotopic (exact) mass is 163 g/mol. The van der Waals surface area contributed by atoms with Gasteiger partial charge in [-0.05, 0) is 15.9 Å². The highest BCUT2D eigenvalue weighted by molar-refractivity contribution is 9.10. The molecule has 0 bridgehead atoms. The Morgan fingerprint density at radius 2 is 2.57 bits per heavy atom. The van der Waals surface area contributed by atoms with Crippen LogP contribution in [0.2, 0.25) is 0 Å². The van der Waals surface area contributed by atoms with E-state index >= 15 is 0 Å². The summed E-state index contributed by atoms with van der Waals surface area (Å²) < 4.78 is 16.3. The van der Waals surface area contributed by atoms with Gasteiger partial charge < -0.3 is 4.42 Å². The zero-order valence-electron chi connectivity index (χ0n) is 3.24. The molecule has 1 nitrogen and oxygen atoms in total. The topological polar surface area (TPSA) is 13.1 Å². The van der Waals surface area contributed by atoms with Gasteiger partial charge in [-0.1, -0.05) is 0 Å². The molecular weight excluding hydrogens is 163 g/mol. The van der Waals surface area contributed by atoms with E-state index in [2.05, 4.69) is 26.4 Å². The van der Waals surface area contributed by atoms with E-state index in [1.54, 1.807) is 0 Å². The SMILES string of the molecule is Fc1c[c]c(Br)o1. The molecule has 7 heavy (non-hydrogen) atoms. The van der Waals surface area contributed by atoms with Gasteiger partial charge in [0.2, 0.25) is 0 Å². The van der Waals surface area contributed by atoms with Crippen LogP contribution in [-0.4, -0.2) is 0 Å². The number of halogens is 2. The van der Waals surface area contributed by atoms with Gasteiger partial charge in [-0.15, -0.1) is 0 Å². The molecule has 0 unspecified atom stereocenters. The molecule has 3 heteroatoms. The van der Waals surface area contributed by atoms with Crippen molar-refractivity contribution in [1.82, 2.24) is 0 Å². The third-order valence-corrected chi connectivity index (χ3v) is 0.877. The zero-order chi connectivity index (χ0) is 5.28. The summed E-state index contributed by atoms with van der Waals surface area (Å²) in [5, 5.41) is 0. The van der Waals surface area contributed by atoms with Crippen LogP contribution in [0.25, 0.3) is 0 Å². The van der Waals surface area contributed by atoms with Crippen molar-refractivity contribution in [2.24, 2.45) is 0 Å². The third kappa shape index (κ3) is 1.03. The van der Waals surface area contributed by atoms with E-state index in [4.69, 9.17) is 0 Å². The molecule has 1 radical (unpaired) electrons. The molecule has 0 N–H and O–H groups in total. The summed E-state index contributed by atoms with van der Waals surface area (Å²) in [6, 6.07) is 2.94. The standard InChI is InChI=1S/C4HBrFO/c5-3-1-2-4(6)7-3/h2H. The molecule has 0 aliphatic heterocycles. The maximum absolute atomic E-state index is 11.7. The number of furan rings is 1. The van der Waals surface area contributed by atoms with Crippen LogP contribution in [0.15, 0.2) is 15.2 Å². The third-order valence-electron chi connectivity index (χ3n) is 0.486. The molecule has 0 spiro atoms. The van der Waals surface area contributed by atoms with E-state index in [1.807, 2.05) is 0 Å². The lowest BCUT2D eigenvalue weighted by Gasteiger charge is -1.70. The molecule has 1 heterocycles. The Balaban J connectivity index is 3.04. The fourth-order valence-electron chi connectivity index (χ4n) is 0.258. The van der Waals surface area contributed by atoms with Crippen molar-refractivity contribution in [3.05, 3.63) is 22.8 Å². The van der Waals surface area contributed by atoms with Gasteiger partial charge in [0.05, 0.1) is 0 Å². The van der Waals surface area contributed by atoms with Crippen molar-refractivity contribution in [2.45, 2.75) is 0 Å². The van der Waals surface area contributed by atoms with Gasteiger partial charge in [-0.3, -0.25) is 0 Å². The average molecular weight is 164 g/mol. The number of rotatable bonds is 0. The van der Waals surface area contributed by atoms with Crippen LogP contribution in [0.4, 0.5) is 4.39 Å². The van der Waals surface area contributed by atoms with Crippen LogP contribution >= 0.6 is 15.9 Å². The van der Waals surface area contributed by atoms with Crippen molar-refractivity contribution in [1.29, 1.82) is 0 Å². The minimum Gasteiger partial charge on any atom is -0.423 e. The first-order chi connectivity index (χ1) is 3.29. The van der Waals surface area contributed by atoms with Crippen LogP contribution in [0.5, 0.6) is 0 Å². The second-order valence-corrected chi connectivity index (χ2v) is 1.69. The maximum Gasteiger partial charge on any atom is 0.279 e. The van der Waals surface area contributed by atoms with Gasteiger partial charge in [0.1, 0.15) is 0 Å². The highest BCUT2D eigenvalue weighted by atomic mass is 79.9. The van der Waals surface area contributed by atoms with Gasteiger partial charge in [-0.2, -0.15) is 4.39 Å². The molecule has 0 atom stereocenters. The van der Waals surface area contributed by atoms with Crippen LogP contribution in [0, 0.1) is 12.1 Å². The fourth-order valence-corrected chi connectivity index (χ4v) is 0.527. The Kier molecular flexibility index (Phi) is 1.15. The second-order valence-electron chi connectivity index (χ2n) is 0.969. The minimum absolute atomic E-state index is 0.296. The molecule has 0 fully saturated rings. The molecule has 0 amide bonds. The van der Waals surface area contributed by atoms with E-state index in [0.717, 1.165) is 6.07 Å². The van der Waals surface area contributed by atoms with Crippen molar-refractivity contribution < 1.29 is 8.81 Å². The molecule has 1 rings (SSSR count). The first-order valence-corrected chi connectivity index (χ1v) is 2.41. The van der Waals surface area contributed by atoms with Crippen molar-refractivity contribution in [3.63, 3.8) is 0 Å². The van der Waals surface area contributed by atoms with Crippen LogP contribution in [0.1, 0.15) is 0 Å². The lowest BCUT2D eigenvalue weighted by Crippen LogP contribution is -1.51. The summed E-state index contributed by atoms with van der Waals surface area (Å²) in [6.45, 7) is 0. The summed E-state index contributed by atoms with van der Waals surface area (Å²) in [4.78, 5) is 0. The molecule has 1 aromatic rings. The predicted octanol–water partition coefficient (Wildman–Crippen LogP) is 1.98. The quantitative estimate of drug-likeness (QED) is 0.571. The fraction of sp³-hybridized carbons (Fsp3) is 0. The van der Waals surface area contributed by atoms with E-state index in [-0.39, 0.29) is 0 Å². The minimum atomic E-state index is -0.619. The Bertz CT molecular complexity index is 144. The number of hydrogen-bond acceptors (Lipinski definition) is 1. The predicted molar refractivity (Wildman–Crippen MR) is 25.2 cm³/mol. The molecule has 1 aromatic heterocycles. The zero-order valence-corrected chi connectivity index (χ0v) is 4.83.